The zero-order valence-electron chi connectivity index (χ0n) is 6.78. The van der Waals surface area contributed by atoms with E-state index in [1.54, 1.807) is 0 Å². The molecule has 1 heterocycles. The van der Waals surface area contributed by atoms with Crippen LogP contribution in [-0.4, -0.2) is 29.9 Å². The number of aromatic hydroxyl groups is 1. The zero-order valence-corrected chi connectivity index (χ0v) is 5.78. The quantitative estimate of drug-likeness (QED) is 0.567. The number of carbonyl (C=O) groups is 1. The fraction of sp³-hybridized carbons (Fsp3) is 0.167. The fourth-order valence-corrected chi connectivity index (χ4v) is 0.868. The van der Waals surface area contributed by atoms with Crippen LogP contribution < -0.4 is 0 Å². The molecular weight excluding hydrogens is 145 g/mol. The molecule has 0 aliphatic heterocycles. The third-order valence-electron chi connectivity index (χ3n) is 1.34. The molecule has 0 saturated carbocycles. The summed E-state index contributed by atoms with van der Waals surface area (Å²) in [6.07, 6.45) is 0. The van der Waals surface area contributed by atoms with E-state index in [9.17, 15) is 4.79 Å². The smallest absolute Gasteiger partial charge is 0.212 e. The molecule has 2 N–H and O–H groups in total. The molecule has 0 spiro atoms. The highest BCUT2D eigenvalue weighted by atomic mass is 16.3. The van der Waals surface area contributed by atoms with Crippen LogP contribution in [0.1, 0.15) is 5.69 Å². The normalized spacial score (nSPS) is 11.1. The predicted octanol–water partition coefficient (Wildman–Crippen LogP) is -0.445. The van der Waals surface area contributed by atoms with Crippen molar-refractivity contribution >= 4 is 13.7 Å². The summed E-state index contributed by atoms with van der Waals surface area (Å²) in [6, 6.07) is 2.84. The van der Waals surface area contributed by atoms with Crippen molar-refractivity contribution in [2.24, 2.45) is 0 Å². The lowest BCUT2D eigenvalue weighted by atomic mass is 10.1. The second kappa shape index (κ2) is 2.80. The van der Waals surface area contributed by atoms with Crippen LogP contribution in [-0.2, 0) is 6.61 Å². The Morgan fingerprint density at radius 2 is 2.55 bits per heavy atom. The van der Waals surface area contributed by atoms with E-state index in [0.29, 0.717) is 5.69 Å². The number of hydrogen-bond acceptors (Lipinski definition) is 3. The van der Waals surface area contributed by atoms with Gasteiger partial charge in [-0.3, -0.25) is 9.36 Å². The van der Waals surface area contributed by atoms with Gasteiger partial charge in [0.2, 0.25) is 9.28 Å². The Labute approximate surface area is 66.0 Å². The monoisotopic (exact) mass is 154 g/mol. The summed E-state index contributed by atoms with van der Waals surface area (Å²) in [4.78, 5) is 10.8. The molecule has 0 aliphatic carbocycles. The Balaban J connectivity index is 3.04. The van der Waals surface area contributed by atoms with Gasteiger partial charge in [-0.2, -0.15) is 0 Å². The maximum atomic E-state index is 10.8. The van der Waals surface area contributed by atoms with Crippen molar-refractivity contribution in [1.82, 2.24) is 4.57 Å². The first kappa shape index (κ1) is 6.48. The number of rotatable bonds is 2. The van der Waals surface area contributed by atoms with Crippen molar-refractivity contribution in [1.29, 1.82) is 1.43 Å². The van der Waals surface area contributed by atoms with Gasteiger partial charge >= 0.3 is 0 Å². The average molecular weight is 154 g/mol. The average Bonchev–Trinajstić information content (AvgIpc) is 2.32. The molecule has 1 aromatic heterocycles. The number of hydrogen-bond donors (Lipinski definition) is 2. The number of aliphatic hydroxyl groups excluding tert-OH is 1. The standard InChI is InChI=1S/C6H7BNO3/c7-6(11)8-4(3-9)1-2-5(8)10/h1-2,7,9-10H,3H2/i9T. The van der Waals surface area contributed by atoms with Crippen molar-refractivity contribution in [3.8, 4) is 5.88 Å². The van der Waals surface area contributed by atoms with Crippen molar-refractivity contribution in [3.63, 3.8) is 0 Å². The van der Waals surface area contributed by atoms with Crippen molar-refractivity contribution in [2.75, 3.05) is 0 Å². The summed E-state index contributed by atoms with van der Waals surface area (Å²) < 4.78 is 7.44. The molecule has 1 radical (unpaired) electrons. The van der Waals surface area contributed by atoms with Gasteiger partial charge in [0, 0.05) is 6.07 Å². The minimum Gasteiger partial charge on any atom is -0.494 e. The van der Waals surface area contributed by atoms with Gasteiger partial charge in [0.05, 0.1) is 12.3 Å². The van der Waals surface area contributed by atoms with Gasteiger partial charge in [0.15, 0.2) is 11.7 Å². The Morgan fingerprint density at radius 3 is 3.09 bits per heavy atom. The summed E-state index contributed by atoms with van der Waals surface area (Å²) in [5.74, 6) is -0.744. The first-order valence-electron chi connectivity index (χ1n) is 3.41. The molecule has 1 rings (SSSR count). The molecule has 0 aromatic carbocycles. The van der Waals surface area contributed by atoms with Gasteiger partial charge in [0.25, 0.3) is 0 Å². The number of aromatic nitrogens is 1. The highest BCUT2D eigenvalue weighted by Crippen LogP contribution is 2.14. The summed E-state index contributed by atoms with van der Waals surface area (Å²) in [5, 5.41) is 13.2. The topological polar surface area (TPSA) is 62.5 Å². The number of nitrogens with zero attached hydrogens (tertiary/aromatic N) is 1. The van der Waals surface area contributed by atoms with E-state index in [2.05, 4.69) is 13.0 Å². The highest BCUT2D eigenvalue weighted by molar-refractivity contribution is 6.57. The molecular formula is C6H7BNO3. The van der Waals surface area contributed by atoms with Gasteiger partial charge in [0.1, 0.15) is 0 Å². The number of carbonyl (C=O) groups excluding carboxylic acids is 1. The Hall–Kier alpha value is -1.23. The van der Waals surface area contributed by atoms with E-state index >= 15 is 0 Å². The maximum Gasteiger partial charge on any atom is 0.212 e. The molecule has 0 aliphatic rings. The van der Waals surface area contributed by atoms with Crippen molar-refractivity contribution < 1.29 is 15.0 Å². The second-order valence-corrected chi connectivity index (χ2v) is 2.06. The third kappa shape index (κ3) is 1.27. The van der Waals surface area contributed by atoms with Crippen LogP contribution in [0.25, 0.3) is 0 Å². The van der Waals surface area contributed by atoms with Gasteiger partial charge in [-0.1, -0.05) is 0 Å². The molecule has 4 nitrogen and oxygen atoms in total. The second-order valence-electron chi connectivity index (χ2n) is 2.06. The largest absolute Gasteiger partial charge is 0.494 e. The summed E-state index contributed by atoms with van der Waals surface area (Å²) >= 11 is 0. The van der Waals surface area contributed by atoms with E-state index in [4.69, 9.17) is 6.54 Å². The third-order valence-corrected chi connectivity index (χ3v) is 1.34. The highest BCUT2D eigenvalue weighted by Gasteiger charge is 2.08. The lowest BCUT2D eigenvalue weighted by Crippen LogP contribution is -2.11. The Kier molecular flexibility index (Phi) is 1.65. The minimum absolute atomic E-state index is 0.0538. The molecule has 0 fully saturated rings. The van der Waals surface area contributed by atoms with E-state index in [0.717, 1.165) is 4.57 Å². The molecule has 57 valence electrons. The zero-order chi connectivity index (χ0) is 9.14. The van der Waals surface area contributed by atoms with Gasteiger partial charge in [-0.25, -0.2) is 0 Å². The van der Waals surface area contributed by atoms with Gasteiger partial charge < -0.3 is 10.2 Å². The molecule has 5 heteroatoms. The maximum absolute atomic E-state index is 10.8. The SMILES string of the molecule is [3H]OCc1ccc(O)n1C([BH])=O. The van der Waals surface area contributed by atoms with Crippen molar-refractivity contribution in [2.45, 2.75) is 6.61 Å². The van der Waals surface area contributed by atoms with Gasteiger partial charge in [-0.05, 0) is 6.07 Å². The molecule has 0 saturated heterocycles. The van der Waals surface area contributed by atoms with E-state index in [1.807, 2.05) is 0 Å². The van der Waals surface area contributed by atoms with Gasteiger partial charge in [-0.15, -0.1) is 0 Å². The predicted molar refractivity (Wildman–Crippen MR) is 40.0 cm³/mol. The van der Waals surface area contributed by atoms with Crippen LogP contribution in [0.4, 0.5) is 4.79 Å². The first-order chi connectivity index (χ1) is 5.66. The molecule has 11 heavy (non-hydrogen) atoms. The molecule has 0 bridgehead atoms. The minimum atomic E-state index is -0.551. The van der Waals surface area contributed by atoms with Crippen LogP contribution in [0.3, 0.4) is 0 Å². The first-order valence-corrected chi connectivity index (χ1v) is 3.01. The van der Waals surface area contributed by atoms with E-state index in [1.165, 1.54) is 12.1 Å². The fourth-order valence-electron chi connectivity index (χ4n) is 0.868. The van der Waals surface area contributed by atoms with E-state index < -0.39 is 5.81 Å². The van der Waals surface area contributed by atoms with E-state index in [-0.39, 0.29) is 12.5 Å². The van der Waals surface area contributed by atoms with Crippen LogP contribution >= 0.6 is 0 Å². The van der Waals surface area contributed by atoms with Crippen molar-refractivity contribution in [3.05, 3.63) is 17.8 Å². The summed E-state index contributed by atoms with van der Waals surface area (Å²) in [5.41, 5.74) is 0.405. The van der Waals surface area contributed by atoms with Crippen LogP contribution in [0.5, 0.6) is 5.88 Å². The summed E-state index contributed by atoms with van der Waals surface area (Å²) in [6.45, 7) is -0.0538. The van der Waals surface area contributed by atoms with Crippen LogP contribution in [0.2, 0.25) is 0 Å². The van der Waals surface area contributed by atoms with Crippen LogP contribution in [0, 0.1) is 0 Å². The summed E-state index contributed by atoms with van der Waals surface area (Å²) in [7, 11) is 3.13. The molecule has 0 amide bonds. The Bertz CT molecular complexity index is 299. The Morgan fingerprint density at radius 1 is 1.82 bits per heavy atom. The lowest BCUT2D eigenvalue weighted by Gasteiger charge is -2.02. The molecule has 1 aromatic rings. The lowest BCUT2D eigenvalue weighted by molar-refractivity contribution is 0.248. The number of aliphatic hydroxyl groups is 1. The van der Waals surface area contributed by atoms with Crippen LogP contribution in [0.15, 0.2) is 12.1 Å². The molecule has 0 unspecified atom stereocenters. The molecule has 0 atom stereocenters.